The molecule has 1 aromatic carbocycles. The van der Waals surface area contributed by atoms with E-state index in [0.29, 0.717) is 17.7 Å². The summed E-state index contributed by atoms with van der Waals surface area (Å²) in [5, 5.41) is 10.6. The Morgan fingerprint density at radius 1 is 1.42 bits per heavy atom. The molecule has 96 valence electrons. The number of nitriles is 1. The Hall–Kier alpha value is -1.64. The first-order valence-corrected chi connectivity index (χ1v) is 7.26. The summed E-state index contributed by atoms with van der Waals surface area (Å²) >= 11 is 4.84. The van der Waals surface area contributed by atoms with Gasteiger partial charge in [-0.1, -0.05) is 12.1 Å². The van der Waals surface area contributed by atoms with E-state index in [4.69, 9.17) is 5.26 Å². The topological polar surface area (TPSA) is 44.1 Å². The molecule has 2 aromatic rings. The van der Waals surface area contributed by atoms with Crippen LogP contribution in [0.1, 0.15) is 21.5 Å². The SMILES string of the molecule is CN(Cc1ccc(C#N)cc1)C(=O)c1csc(Br)c1. The number of hydrogen-bond acceptors (Lipinski definition) is 3. The Morgan fingerprint density at radius 2 is 2.11 bits per heavy atom. The van der Waals surface area contributed by atoms with E-state index >= 15 is 0 Å². The maximum atomic E-state index is 12.1. The van der Waals surface area contributed by atoms with Crippen molar-refractivity contribution >= 4 is 33.2 Å². The van der Waals surface area contributed by atoms with Crippen molar-refractivity contribution in [3.05, 3.63) is 56.2 Å². The van der Waals surface area contributed by atoms with Crippen LogP contribution >= 0.6 is 27.3 Å². The molecular formula is C14H11BrN2OS. The van der Waals surface area contributed by atoms with Gasteiger partial charge in [-0.3, -0.25) is 4.79 Å². The fourth-order valence-electron chi connectivity index (χ4n) is 1.67. The minimum Gasteiger partial charge on any atom is -0.337 e. The van der Waals surface area contributed by atoms with E-state index in [0.717, 1.165) is 9.35 Å². The van der Waals surface area contributed by atoms with Gasteiger partial charge in [0.05, 0.1) is 21.0 Å². The van der Waals surface area contributed by atoms with Crippen molar-refractivity contribution in [3.63, 3.8) is 0 Å². The molecule has 1 aromatic heterocycles. The fourth-order valence-corrected chi connectivity index (χ4v) is 2.80. The van der Waals surface area contributed by atoms with Gasteiger partial charge in [0.2, 0.25) is 0 Å². The summed E-state index contributed by atoms with van der Waals surface area (Å²) in [7, 11) is 1.77. The molecule has 0 radical (unpaired) electrons. The van der Waals surface area contributed by atoms with E-state index in [-0.39, 0.29) is 5.91 Å². The summed E-state index contributed by atoms with van der Waals surface area (Å²) in [5.74, 6) is -0.00805. The first-order valence-electron chi connectivity index (χ1n) is 5.58. The first kappa shape index (κ1) is 13.8. The number of nitrogens with zero attached hydrogens (tertiary/aromatic N) is 2. The molecule has 0 spiro atoms. The van der Waals surface area contributed by atoms with Crippen molar-refractivity contribution < 1.29 is 4.79 Å². The van der Waals surface area contributed by atoms with Gasteiger partial charge in [0, 0.05) is 19.0 Å². The van der Waals surface area contributed by atoms with Crippen LogP contribution in [0.3, 0.4) is 0 Å². The predicted octanol–water partition coefficient (Wildman–Crippen LogP) is 3.65. The molecule has 0 fully saturated rings. The van der Waals surface area contributed by atoms with Crippen LogP contribution < -0.4 is 0 Å². The Balaban J connectivity index is 2.06. The number of amides is 1. The molecule has 0 aliphatic carbocycles. The summed E-state index contributed by atoms with van der Waals surface area (Å²) in [6.45, 7) is 0.526. The molecule has 1 amide bonds. The molecule has 0 saturated carbocycles. The fraction of sp³-hybridized carbons (Fsp3) is 0.143. The molecule has 0 bridgehead atoms. The lowest BCUT2D eigenvalue weighted by Crippen LogP contribution is -2.25. The molecule has 0 unspecified atom stereocenters. The average molecular weight is 335 g/mol. The molecule has 0 atom stereocenters. The van der Waals surface area contributed by atoms with Crippen LogP contribution in [0.15, 0.2) is 39.5 Å². The van der Waals surface area contributed by atoms with Gasteiger partial charge in [0.15, 0.2) is 0 Å². The predicted molar refractivity (Wildman–Crippen MR) is 79.0 cm³/mol. The molecule has 0 aliphatic heterocycles. The van der Waals surface area contributed by atoms with Crippen molar-refractivity contribution in [2.24, 2.45) is 0 Å². The zero-order valence-electron chi connectivity index (χ0n) is 10.3. The van der Waals surface area contributed by atoms with E-state index in [9.17, 15) is 4.79 Å². The third-order valence-electron chi connectivity index (χ3n) is 2.66. The van der Waals surface area contributed by atoms with E-state index in [1.165, 1.54) is 11.3 Å². The summed E-state index contributed by atoms with van der Waals surface area (Å²) in [6.07, 6.45) is 0. The minimum absolute atomic E-state index is 0.00805. The highest BCUT2D eigenvalue weighted by Crippen LogP contribution is 2.22. The summed E-state index contributed by atoms with van der Waals surface area (Å²) < 4.78 is 0.947. The summed E-state index contributed by atoms with van der Waals surface area (Å²) in [6, 6.07) is 11.1. The van der Waals surface area contributed by atoms with Crippen LogP contribution in [-0.4, -0.2) is 17.9 Å². The molecule has 0 saturated heterocycles. The van der Waals surface area contributed by atoms with Crippen molar-refractivity contribution in [2.75, 3.05) is 7.05 Å². The van der Waals surface area contributed by atoms with Gasteiger partial charge in [0.1, 0.15) is 0 Å². The van der Waals surface area contributed by atoms with Gasteiger partial charge in [-0.25, -0.2) is 0 Å². The van der Waals surface area contributed by atoms with Crippen molar-refractivity contribution in [1.29, 1.82) is 5.26 Å². The second-order valence-corrected chi connectivity index (χ2v) is 6.40. The molecule has 2 rings (SSSR count). The Bertz CT molecular complexity index is 628. The molecule has 3 nitrogen and oxygen atoms in total. The van der Waals surface area contributed by atoms with Crippen LogP contribution in [0.4, 0.5) is 0 Å². The van der Waals surface area contributed by atoms with E-state index < -0.39 is 0 Å². The number of rotatable bonds is 3. The van der Waals surface area contributed by atoms with E-state index in [2.05, 4.69) is 22.0 Å². The highest BCUT2D eigenvalue weighted by Gasteiger charge is 2.13. The molecular weight excluding hydrogens is 324 g/mol. The highest BCUT2D eigenvalue weighted by atomic mass is 79.9. The van der Waals surface area contributed by atoms with Gasteiger partial charge >= 0.3 is 0 Å². The van der Waals surface area contributed by atoms with Gasteiger partial charge in [-0.05, 0) is 39.7 Å². The molecule has 1 heterocycles. The van der Waals surface area contributed by atoms with Crippen LogP contribution in [0, 0.1) is 11.3 Å². The molecule has 0 aliphatic rings. The monoisotopic (exact) mass is 334 g/mol. The van der Waals surface area contributed by atoms with Gasteiger partial charge < -0.3 is 4.90 Å². The lowest BCUT2D eigenvalue weighted by molar-refractivity contribution is 0.0785. The van der Waals surface area contributed by atoms with Gasteiger partial charge in [-0.2, -0.15) is 5.26 Å². The zero-order chi connectivity index (χ0) is 13.8. The minimum atomic E-state index is -0.00805. The maximum absolute atomic E-state index is 12.1. The molecule has 0 N–H and O–H groups in total. The normalized spacial score (nSPS) is 9.95. The number of thiophene rings is 1. The number of benzene rings is 1. The first-order chi connectivity index (χ1) is 9.10. The maximum Gasteiger partial charge on any atom is 0.254 e. The lowest BCUT2D eigenvalue weighted by atomic mass is 10.1. The van der Waals surface area contributed by atoms with Crippen molar-refractivity contribution in [3.8, 4) is 6.07 Å². The third kappa shape index (κ3) is 3.43. The zero-order valence-corrected chi connectivity index (χ0v) is 12.7. The second-order valence-electron chi connectivity index (χ2n) is 4.11. The lowest BCUT2D eigenvalue weighted by Gasteiger charge is -2.16. The molecule has 5 heteroatoms. The number of carbonyl (C=O) groups excluding carboxylic acids is 1. The van der Waals surface area contributed by atoms with E-state index in [1.807, 2.05) is 23.6 Å². The van der Waals surface area contributed by atoms with Crippen molar-refractivity contribution in [2.45, 2.75) is 6.54 Å². The summed E-state index contributed by atoms with van der Waals surface area (Å²) in [4.78, 5) is 13.8. The quantitative estimate of drug-likeness (QED) is 0.859. The molecule has 19 heavy (non-hydrogen) atoms. The smallest absolute Gasteiger partial charge is 0.254 e. The van der Waals surface area contributed by atoms with Crippen LogP contribution in [0.2, 0.25) is 0 Å². The standard InChI is InChI=1S/C14H11BrN2OS/c1-17(14(18)12-6-13(15)19-9-12)8-11-4-2-10(7-16)3-5-11/h2-6,9H,8H2,1H3. The van der Waals surface area contributed by atoms with Gasteiger partial charge in [-0.15, -0.1) is 11.3 Å². The Labute approximate surface area is 124 Å². The number of halogens is 1. The summed E-state index contributed by atoms with van der Waals surface area (Å²) in [5.41, 5.74) is 2.32. The highest BCUT2D eigenvalue weighted by molar-refractivity contribution is 9.11. The van der Waals surface area contributed by atoms with Crippen LogP contribution in [0.5, 0.6) is 0 Å². The second kappa shape index (κ2) is 6.00. The third-order valence-corrected chi connectivity index (χ3v) is 4.17. The Kier molecular flexibility index (Phi) is 4.35. The van der Waals surface area contributed by atoms with Crippen LogP contribution in [0.25, 0.3) is 0 Å². The number of carbonyl (C=O) groups is 1. The van der Waals surface area contributed by atoms with E-state index in [1.54, 1.807) is 24.1 Å². The average Bonchev–Trinajstić information content (AvgIpc) is 2.85. The van der Waals surface area contributed by atoms with Crippen molar-refractivity contribution in [1.82, 2.24) is 4.90 Å². The largest absolute Gasteiger partial charge is 0.337 e. The number of hydrogen-bond donors (Lipinski definition) is 0. The Morgan fingerprint density at radius 3 is 2.63 bits per heavy atom. The van der Waals surface area contributed by atoms with Crippen LogP contribution in [-0.2, 0) is 6.54 Å². The van der Waals surface area contributed by atoms with Gasteiger partial charge in [0.25, 0.3) is 5.91 Å².